The molecule has 0 aliphatic heterocycles. The third-order valence-corrected chi connectivity index (χ3v) is 7.06. The molecular weight excluding hydrogens is 478 g/mol. The maximum absolute atomic E-state index is 13.8. The number of nitrogens with zero attached hydrogens (tertiary/aromatic N) is 2. The van der Waals surface area contributed by atoms with Crippen molar-refractivity contribution in [2.75, 3.05) is 30.3 Å². The Kier molecular flexibility index (Phi) is 11.2. The van der Waals surface area contributed by atoms with Crippen LogP contribution in [0.4, 0.5) is 5.69 Å². The number of carbonyl (C=O) groups excluding carboxylic acids is 2. The molecule has 0 heterocycles. The quantitative estimate of drug-likeness (QED) is 0.384. The molecular formula is C27H39N3O5S. The minimum atomic E-state index is -3.83. The number of hydrogen-bond acceptors (Lipinski definition) is 5. The highest BCUT2D eigenvalue weighted by Crippen LogP contribution is 2.30. The number of unbranched alkanes of at least 4 members (excludes halogenated alkanes) is 1. The number of benzene rings is 2. The van der Waals surface area contributed by atoms with E-state index in [1.54, 1.807) is 31.2 Å². The zero-order chi connectivity index (χ0) is 26.7. The molecule has 0 saturated carbocycles. The van der Waals surface area contributed by atoms with E-state index in [-0.39, 0.29) is 18.1 Å². The standard InChI is InChI=1S/C27H39N3O5S/c1-6-9-18-28-27(32)23(7-2)29(19-22-15-11-10-14-21(22)4)26(31)20-30(36(5,33)34)24-16-12-13-17-25(24)35-8-3/h10-17,23H,6-9,18-20H2,1-5H3,(H,28,32). The highest BCUT2D eigenvalue weighted by Gasteiger charge is 2.32. The van der Waals surface area contributed by atoms with Crippen molar-refractivity contribution >= 4 is 27.5 Å². The van der Waals surface area contributed by atoms with Crippen molar-refractivity contribution in [3.8, 4) is 5.75 Å². The molecule has 2 aromatic rings. The van der Waals surface area contributed by atoms with Crippen molar-refractivity contribution in [3.05, 3.63) is 59.7 Å². The highest BCUT2D eigenvalue weighted by atomic mass is 32.2. The number of sulfonamides is 1. The van der Waals surface area contributed by atoms with E-state index in [2.05, 4.69) is 5.32 Å². The number of amides is 2. The summed E-state index contributed by atoms with van der Waals surface area (Å²) in [6.45, 7) is 8.25. The molecule has 1 unspecified atom stereocenters. The summed E-state index contributed by atoms with van der Waals surface area (Å²) >= 11 is 0. The molecule has 0 radical (unpaired) electrons. The van der Waals surface area contributed by atoms with Crippen LogP contribution in [-0.4, -0.2) is 57.1 Å². The normalized spacial score (nSPS) is 12.0. The van der Waals surface area contributed by atoms with Crippen LogP contribution < -0.4 is 14.4 Å². The van der Waals surface area contributed by atoms with E-state index in [1.807, 2.05) is 45.0 Å². The second-order valence-electron chi connectivity index (χ2n) is 8.69. The first-order valence-electron chi connectivity index (χ1n) is 12.4. The van der Waals surface area contributed by atoms with Crippen LogP contribution in [0, 0.1) is 6.92 Å². The van der Waals surface area contributed by atoms with E-state index in [1.165, 1.54) is 4.90 Å². The molecule has 0 spiro atoms. The van der Waals surface area contributed by atoms with Crippen molar-refractivity contribution in [2.24, 2.45) is 0 Å². The Hall–Kier alpha value is -3.07. The Labute approximate surface area is 215 Å². The van der Waals surface area contributed by atoms with Crippen LogP contribution in [0.3, 0.4) is 0 Å². The summed E-state index contributed by atoms with van der Waals surface area (Å²) in [7, 11) is -3.83. The van der Waals surface area contributed by atoms with Crippen LogP contribution in [0.1, 0.15) is 51.2 Å². The van der Waals surface area contributed by atoms with Crippen LogP contribution >= 0.6 is 0 Å². The maximum Gasteiger partial charge on any atom is 0.244 e. The van der Waals surface area contributed by atoms with Gasteiger partial charge in [-0.25, -0.2) is 8.42 Å². The van der Waals surface area contributed by atoms with Gasteiger partial charge in [-0.1, -0.05) is 56.7 Å². The predicted octanol–water partition coefficient (Wildman–Crippen LogP) is 3.88. The molecule has 36 heavy (non-hydrogen) atoms. The summed E-state index contributed by atoms with van der Waals surface area (Å²) < 4.78 is 32.3. The Balaban J connectivity index is 2.46. The lowest BCUT2D eigenvalue weighted by Crippen LogP contribution is -2.52. The first kappa shape index (κ1) is 29.2. The fourth-order valence-electron chi connectivity index (χ4n) is 3.93. The summed E-state index contributed by atoms with van der Waals surface area (Å²) in [6, 6.07) is 13.6. The van der Waals surface area contributed by atoms with E-state index in [9.17, 15) is 18.0 Å². The smallest absolute Gasteiger partial charge is 0.244 e. The second-order valence-corrected chi connectivity index (χ2v) is 10.6. The fraction of sp³-hybridized carbons (Fsp3) is 0.481. The Morgan fingerprint density at radius 2 is 1.69 bits per heavy atom. The van der Waals surface area contributed by atoms with Gasteiger partial charge in [-0.05, 0) is 49.9 Å². The second kappa shape index (κ2) is 13.9. The van der Waals surface area contributed by atoms with E-state index in [0.717, 1.165) is 34.5 Å². The summed E-state index contributed by atoms with van der Waals surface area (Å²) in [4.78, 5) is 28.4. The number of aryl methyl sites for hydroxylation is 1. The number of para-hydroxylation sites is 2. The Bertz CT molecular complexity index is 1120. The van der Waals surface area contributed by atoms with Gasteiger partial charge in [0, 0.05) is 13.1 Å². The van der Waals surface area contributed by atoms with Gasteiger partial charge in [-0.15, -0.1) is 0 Å². The predicted molar refractivity (Wildman–Crippen MR) is 144 cm³/mol. The van der Waals surface area contributed by atoms with Crippen LogP contribution in [0.25, 0.3) is 0 Å². The minimum Gasteiger partial charge on any atom is -0.492 e. The summed E-state index contributed by atoms with van der Waals surface area (Å²) in [5.41, 5.74) is 2.16. The van der Waals surface area contributed by atoms with Gasteiger partial charge < -0.3 is 15.0 Å². The van der Waals surface area contributed by atoms with Crippen molar-refractivity contribution in [1.82, 2.24) is 10.2 Å². The Morgan fingerprint density at radius 3 is 2.31 bits per heavy atom. The van der Waals surface area contributed by atoms with Gasteiger partial charge in [-0.2, -0.15) is 0 Å². The minimum absolute atomic E-state index is 0.190. The molecule has 0 aliphatic carbocycles. The van der Waals surface area contributed by atoms with Gasteiger partial charge in [0.25, 0.3) is 0 Å². The number of anilines is 1. The van der Waals surface area contributed by atoms with Crippen molar-refractivity contribution in [3.63, 3.8) is 0 Å². The molecule has 2 rings (SSSR count). The average molecular weight is 518 g/mol. The number of ether oxygens (including phenoxy) is 1. The summed E-state index contributed by atoms with van der Waals surface area (Å²) in [5, 5.41) is 2.93. The van der Waals surface area contributed by atoms with Gasteiger partial charge in [0.05, 0.1) is 18.6 Å². The van der Waals surface area contributed by atoms with Gasteiger partial charge in [-0.3, -0.25) is 13.9 Å². The van der Waals surface area contributed by atoms with Gasteiger partial charge >= 0.3 is 0 Å². The van der Waals surface area contributed by atoms with Crippen molar-refractivity contribution in [1.29, 1.82) is 0 Å². The molecule has 0 fully saturated rings. The molecule has 9 heteroatoms. The largest absolute Gasteiger partial charge is 0.492 e. The molecule has 1 N–H and O–H groups in total. The van der Waals surface area contributed by atoms with E-state index in [4.69, 9.17) is 4.74 Å². The molecule has 2 aromatic carbocycles. The zero-order valence-electron chi connectivity index (χ0n) is 22.0. The fourth-order valence-corrected chi connectivity index (χ4v) is 4.79. The lowest BCUT2D eigenvalue weighted by molar-refractivity contribution is -0.140. The first-order valence-corrected chi connectivity index (χ1v) is 14.3. The van der Waals surface area contributed by atoms with Gasteiger partial charge in [0.2, 0.25) is 21.8 Å². The molecule has 0 aromatic heterocycles. The molecule has 8 nitrogen and oxygen atoms in total. The summed E-state index contributed by atoms with van der Waals surface area (Å²) in [5.74, 6) is -0.339. The Morgan fingerprint density at radius 1 is 1.03 bits per heavy atom. The SMILES string of the molecule is CCCCNC(=O)C(CC)N(Cc1ccccc1C)C(=O)CN(c1ccccc1OCC)S(C)(=O)=O. The lowest BCUT2D eigenvalue weighted by atomic mass is 10.1. The molecule has 0 bridgehead atoms. The molecule has 0 aliphatic rings. The van der Waals surface area contributed by atoms with Crippen molar-refractivity contribution < 1.29 is 22.7 Å². The number of hydrogen-bond donors (Lipinski definition) is 1. The zero-order valence-corrected chi connectivity index (χ0v) is 22.8. The van der Waals surface area contributed by atoms with E-state index < -0.39 is 28.5 Å². The molecule has 0 saturated heterocycles. The summed E-state index contributed by atoms with van der Waals surface area (Å²) in [6.07, 6.45) is 3.23. The van der Waals surface area contributed by atoms with Gasteiger partial charge in [0.15, 0.2) is 0 Å². The highest BCUT2D eigenvalue weighted by molar-refractivity contribution is 7.92. The van der Waals surface area contributed by atoms with E-state index >= 15 is 0 Å². The van der Waals surface area contributed by atoms with Crippen LogP contribution in [-0.2, 0) is 26.2 Å². The van der Waals surface area contributed by atoms with Gasteiger partial charge in [0.1, 0.15) is 18.3 Å². The molecule has 198 valence electrons. The molecule has 1 atom stereocenters. The van der Waals surface area contributed by atoms with Crippen molar-refractivity contribution in [2.45, 2.75) is 59.5 Å². The number of rotatable bonds is 14. The average Bonchev–Trinajstić information content (AvgIpc) is 2.83. The van der Waals surface area contributed by atoms with E-state index in [0.29, 0.717) is 25.3 Å². The number of carbonyl (C=O) groups is 2. The number of nitrogens with one attached hydrogen (secondary N) is 1. The third kappa shape index (κ3) is 7.98. The third-order valence-electron chi connectivity index (χ3n) is 5.93. The topological polar surface area (TPSA) is 96.0 Å². The maximum atomic E-state index is 13.8. The first-order chi connectivity index (χ1) is 17.1. The van der Waals surface area contributed by atoms with Crippen LogP contribution in [0.5, 0.6) is 5.75 Å². The molecule has 2 amide bonds. The van der Waals surface area contributed by atoms with Crippen LogP contribution in [0.15, 0.2) is 48.5 Å². The monoisotopic (exact) mass is 517 g/mol. The van der Waals surface area contributed by atoms with Crippen LogP contribution in [0.2, 0.25) is 0 Å². The lowest BCUT2D eigenvalue weighted by Gasteiger charge is -2.33.